The van der Waals surface area contributed by atoms with Crippen LogP contribution in [0.1, 0.15) is 26.5 Å². The van der Waals surface area contributed by atoms with Gasteiger partial charge in [-0.15, -0.1) is 11.3 Å². The van der Waals surface area contributed by atoms with Crippen molar-refractivity contribution in [2.45, 2.75) is 33.4 Å². The Labute approximate surface area is 159 Å². The van der Waals surface area contributed by atoms with Gasteiger partial charge >= 0.3 is 0 Å². The van der Waals surface area contributed by atoms with Crippen molar-refractivity contribution >= 4 is 17.2 Å². The minimum absolute atomic E-state index is 0.0761. The third kappa shape index (κ3) is 5.44. The maximum atomic E-state index is 12.0. The summed E-state index contributed by atoms with van der Waals surface area (Å²) in [5, 5.41) is 5.94. The van der Waals surface area contributed by atoms with E-state index >= 15 is 0 Å². The molecule has 0 aliphatic rings. The number of carbonyl (C=O) groups is 1. The highest BCUT2D eigenvalue weighted by Gasteiger charge is 2.16. The van der Waals surface area contributed by atoms with Crippen LogP contribution in [0.5, 0.6) is 11.5 Å². The van der Waals surface area contributed by atoms with Crippen LogP contribution in [-0.2, 0) is 11.3 Å². The second-order valence-electron chi connectivity index (χ2n) is 6.39. The lowest BCUT2D eigenvalue weighted by Crippen LogP contribution is -3.11. The lowest BCUT2D eigenvalue weighted by molar-refractivity contribution is -0.904. The number of hydrogen-bond acceptors (Lipinski definition) is 5. The molecule has 1 heterocycles. The minimum atomic E-state index is 0.0761. The van der Waals surface area contributed by atoms with Crippen molar-refractivity contribution in [1.29, 1.82) is 0 Å². The van der Waals surface area contributed by atoms with Gasteiger partial charge in [-0.1, -0.05) is 0 Å². The molecular formula is C19H28N3O3S+. The average Bonchev–Trinajstić information content (AvgIpc) is 3.08. The van der Waals surface area contributed by atoms with E-state index < -0.39 is 0 Å². The van der Waals surface area contributed by atoms with Crippen LogP contribution < -0.4 is 19.7 Å². The van der Waals surface area contributed by atoms with Gasteiger partial charge in [0.2, 0.25) is 0 Å². The molecule has 1 aromatic carbocycles. The van der Waals surface area contributed by atoms with E-state index in [9.17, 15) is 4.79 Å². The molecule has 0 saturated carbocycles. The van der Waals surface area contributed by atoms with Gasteiger partial charge in [0.05, 0.1) is 20.8 Å². The highest BCUT2D eigenvalue weighted by Crippen LogP contribution is 2.33. The van der Waals surface area contributed by atoms with Crippen LogP contribution in [0.2, 0.25) is 0 Å². The van der Waals surface area contributed by atoms with Gasteiger partial charge in [-0.2, -0.15) is 0 Å². The second kappa shape index (κ2) is 9.54. The number of nitrogens with zero attached hydrogens (tertiary/aromatic N) is 1. The van der Waals surface area contributed by atoms with Gasteiger partial charge in [-0.25, -0.2) is 4.98 Å². The topological polar surface area (TPSA) is 64.9 Å². The van der Waals surface area contributed by atoms with Gasteiger partial charge < -0.3 is 19.7 Å². The molecule has 1 amide bonds. The zero-order valence-electron chi connectivity index (χ0n) is 16.1. The number of amides is 1. The van der Waals surface area contributed by atoms with Crippen molar-refractivity contribution in [1.82, 2.24) is 10.3 Å². The number of nitrogens with one attached hydrogen (secondary N) is 2. The molecule has 142 valence electrons. The van der Waals surface area contributed by atoms with Crippen LogP contribution in [0.3, 0.4) is 0 Å². The van der Waals surface area contributed by atoms with Crippen LogP contribution in [0.15, 0.2) is 23.6 Å². The molecule has 0 aliphatic heterocycles. The molecule has 1 atom stereocenters. The van der Waals surface area contributed by atoms with Crippen molar-refractivity contribution in [3.63, 3.8) is 0 Å². The first kappa shape index (κ1) is 20.2. The van der Waals surface area contributed by atoms with Gasteiger partial charge in [-0.05, 0) is 39.0 Å². The summed E-state index contributed by atoms with van der Waals surface area (Å²) in [6, 6.07) is 5.96. The molecule has 0 bridgehead atoms. The zero-order chi connectivity index (χ0) is 19.1. The second-order valence-corrected chi connectivity index (χ2v) is 7.25. The largest absolute Gasteiger partial charge is 0.493 e. The predicted octanol–water partition coefficient (Wildman–Crippen LogP) is 1.76. The molecule has 0 fully saturated rings. The molecule has 6 nitrogen and oxygen atoms in total. The van der Waals surface area contributed by atoms with Gasteiger partial charge in [0.15, 0.2) is 18.0 Å². The smallest absolute Gasteiger partial charge is 0.275 e. The number of rotatable bonds is 9. The SMILES string of the molecule is CC[NH+](CC(=O)NC(C)C)Cc1csc(-c2ccc(OC)c(OC)c2)n1. The van der Waals surface area contributed by atoms with Gasteiger partial charge in [-0.3, -0.25) is 4.79 Å². The van der Waals surface area contributed by atoms with Crippen LogP contribution in [0.25, 0.3) is 10.6 Å². The molecule has 2 aromatic rings. The number of methoxy groups -OCH3 is 2. The normalized spacial score (nSPS) is 12.1. The Morgan fingerprint density at radius 3 is 2.62 bits per heavy atom. The summed E-state index contributed by atoms with van der Waals surface area (Å²) in [4.78, 5) is 17.9. The fourth-order valence-electron chi connectivity index (χ4n) is 2.66. The van der Waals surface area contributed by atoms with Crippen molar-refractivity contribution in [3.8, 4) is 22.1 Å². The number of ether oxygens (including phenoxy) is 2. The molecule has 2 rings (SSSR count). The van der Waals surface area contributed by atoms with Gasteiger partial charge in [0.25, 0.3) is 5.91 Å². The fourth-order valence-corrected chi connectivity index (χ4v) is 3.48. The van der Waals surface area contributed by atoms with E-state index in [2.05, 4.69) is 17.6 Å². The van der Waals surface area contributed by atoms with Crippen LogP contribution in [-0.4, -0.2) is 44.2 Å². The van der Waals surface area contributed by atoms with Crippen LogP contribution in [0, 0.1) is 0 Å². The molecule has 0 spiro atoms. The number of aromatic nitrogens is 1. The summed E-state index contributed by atoms with van der Waals surface area (Å²) in [6.07, 6.45) is 0. The van der Waals surface area contributed by atoms with E-state index in [-0.39, 0.29) is 11.9 Å². The van der Waals surface area contributed by atoms with E-state index in [4.69, 9.17) is 14.5 Å². The van der Waals surface area contributed by atoms with E-state index in [1.54, 1.807) is 25.6 Å². The monoisotopic (exact) mass is 378 g/mol. The zero-order valence-corrected chi connectivity index (χ0v) is 16.9. The Hall–Kier alpha value is -2.12. The van der Waals surface area contributed by atoms with Gasteiger partial charge in [0.1, 0.15) is 17.2 Å². The number of likely N-dealkylation sites (N-methyl/N-ethyl adjacent to an activating group) is 1. The summed E-state index contributed by atoms with van der Waals surface area (Å²) in [5.74, 6) is 1.46. The Kier molecular flexibility index (Phi) is 7.41. The summed E-state index contributed by atoms with van der Waals surface area (Å²) in [7, 11) is 3.25. The van der Waals surface area contributed by atoms with E-state index in [1.807, 2.05) is 32.0 Å². The Morgan fingerprint density at radius 1 is 1.27 bits per heavy atom. The van der Waals surface area contributed by atoms with E-state index in [0.717, 1.165) is 29.4 Å². The molecule has 1 unspecified atom stereocenters. The first-order chi connectivity index (χ1) is 12.5. The maximum absolute atomic E-state index is 12.0. The van der Waals surface area contributed by atoms with Crippen molar-refractivity contribution in [2.75, 3.05) is 27.3 Å². The van der Waals surface area contributed by atoms with E-state index in [0.29, 0.717) is 18.0 Å². The van der Waals surface area contributed by atoms with Crippen LogP contribution >= 0.6 is 11.3 Å². The minimum Gasteiger partial charge on any atom is -0.493 e. The number of carbonyl (C=O) groups excluding carboxylic acids is 1. The maximum Gasteiger partial charge on any atom is 0.275 e. The lowest BCUT2D eigenvalue weighted by atomic mass is 10.2. The molecule has 2 N–H and O–H groups in total. The summed E-state index contributed by atoms with van der Waals surface area (Å²) >= 11 is 1.60. The number of thiazole rings is 1. The molecule has 7 heteroatoms. The number of hydrogen-bond donors (Lipinski definition) is 2. The van der Waals surface area contributed by atoms with Crippen molar-refractivity contribution < 1.29 is 19.2 Å². The molecular weight excluding hydrogens is 350 g/mol. The highest BCUT2D eigenvalue weighted by molar-refractivity contribution is 7.13. The molecule has 26 heavy (non-hydrogen) atoms. The average molecular weight is 379 g/mol. The third-order valence-electron chi connectivity index (χ3n) is 3.97. The van der Waals surface area contributed by atoms with Crippen molar-refractivity contribution in [2.24, 2.45) is 0 Å². The Balaban J connectivity index is 2.08. The Bertz CT molecular complexity index is 731. The van der Waals surface area contributed by atoms with Crippen LogP contribution in [0.4, 0.5) is 0 Å². The van der Waals surface area contributed by atoms with Crippen molar-refractivity contribution in [3.05, 3.63) is 29.3 Å². The summed E-state index contributed by atoms with van der Waals surface area (Å²) in [5.41, 5.74) is 1.99. The predicted molar refractivity (Wildman–Crippen MR) is 104 cm³/mol. The third-order valence-corrected chi connectivity index (χ3v) is 4.91. The molecule has 0 saturated heterocycles. The quantitative estimate of drug-likeness (QED) is 0.698. The first-order valence-corrected chi connectivity index (χ1v) is 9.64. The highest BCUT2D eigenvalue weighted by atomic mass is 32.1. The van der Waals surface area contributed by atoms with Gasteiger partial charge in [0, 0.05) is 17.0 Å². The summed E-state index contributed by atoms with van der Waals surface area (Å²) in [6.45, 7) is 8.08. The molecule has 0 radical (unpaired) electrons. The molecule has 0 aliphatic carbocycles. The first-order valence-electron chi connectivity index (χ1n) is 8.76. The summed E-state index contributed by atoms with van der Waals surface area (Å²) < 4.78 is 10.6. The van der Waals surface area contributed by atoms with E-state index in [1.165, 1.54) is 4.90 Å². The number of benzene rings is 1. The standard InChI is InChI=1S/C19H27N3O3S/c1-6-22(11-18(23)20-13(2)3)10-15-12-26-19(21-15)14-7-8-16(24-4)17(9-14)25-5/h7-9,12-13H,6,10-11H2,1-5H3,(H,20,23)/p+1. The lowest BCUT2D eigenvalue weighted by Gasteiger charge is -2.17. The molecule has 1 aromatic heterocycles. The number of quaternary nitrogens is 1. The Morgan fingerprint density at radius 2 is 2.00 bits per heavy atom. The fraction of sp³-hybridized carbons (Fsp3) is 0.474.